The molecule has 0 spiro atoms. The summed E-state index contributed by atoms with van der Waals surface area (Å²) in [5, 5.41) is 3.55. The second-order valence-electron chi connectivity index (χ2n) is 4.14. The predicted octanol–water partition coefficient (Wildman–Crippen LogP) is 0.330. The van der Waals surface area contributed by atoms with E-state index in [1.54, 1.807) is 11.9 Å². The van der Waals surface area contributed by atoms with Crippen molar-refractivity contribution in [1.29, 1.82) is 0 Å². The van der Waals surface area contributed by atoms with Gasteiger partial charge >= 0.3 is 0 Å². The summed E-state index contributed by atoms with van der Waals surface area (Å²) in [7, 11) is 1.75. The molecule has 0 aromatic carbocycles. The van der Waals surface area contributed by atoms with Gasteiger partial charge in [0, 0.05) is 26.2 Å². The summed E-state index contributed by atoms with van der Waals surface area (Å²) in [5.74, 6) is 0.236. The van der Waals surface area contributed by atoms with Gasteiger partial charge < -0.3 is 21.7 Å². The first kappa shape index (κ1) is 12.1. The number of likely N-dealkylation sites (tertiary alicyclic amines) is 1. The highest BCUT2D eigenvalue weighted by molar-refractivity contribution is 7.18. The number of hydrogen-bond acceptors (Lipinski definition) is 6. The molecule has 1 unspecified atom stereocenters. The summed E-state index contributed by atoms with van der Waals surface area (Å²) >= 11 is 1.28. The molecule has 1 atom stereocenters. The van der Waals surface area contributed by atoms with Gasteiger partial charge in [0.15, 0.2) is 5.13 Å². The van der Waals surface area contributed by atoms with Gasteiger partial charge in [-0.2, -0.15) is 0 Å². The maximum absolute atomic E-state index is 12.2. The van der Waals surface area contributed by atoms with Crippen molar-refractivity contribution < 1.29 is 4.79 Å². The number of nitrogen functional groups attached to an aromatic ring is 1. The molecule has 5 N–H and O–H groups in total. The van der Waals surface area contributed by atoms with Gasteiger partial charge in [0.1, 0.15) is 10.7 Å². The Morgan fingerprint density at radius 2 is 2.41 bits per heavy atom. The monoisotopic (exact) mass is 255 g/mol. The Morgan fingerprint density at radius 3 is 3.00 bits per heavy atom. The lowest BCUT2D eigenvalue weighted by molar-refractivity contribution is 0.0714. The normalized spacial score (nSPS) is 20.4. The Hall–Kier alpha value is -1.34. The van der Waals surface area contributed by atoms with Crippen molar-refractivity contribution in [3.8, 4) is 0 Å². The molecule has 1 aliphatic heterocycles. The number of nitrogens with one attached hydrogen (secondary N) is 1. The third-order valence-corrected chi connectivity index (χ3v) is 3.88. The summed E-state index contributed by atoms with van der Waals surface area (Å²) in [6, 6.07) is 0.0746. The molecule has 1 saturated heterocycles. The number of rotatable bonds is 2. The van der Waals surface area contributed by atoms with Crippen molar-refractivity contribution in [2.75, 3.05) is 31.2 Å². The highest BCUT2D eigenvalue weighted by Gasteiger charge is 2.25. The minimum atomic E-state index is -0.0587. The number of anilines is 2. The fourth-order valence-electron chi connectivity index (χ4n) is 1.93. The van der Waals surface area contributed by atoms with Crippen LogP contribution < -0.4 is 16.8 Å². The smallest absolute Gasteiger partial charge is 0.267 e. The molecule has 1 aromatic rings. The van der Waals surface area contributed by atoms with E-state index in [0.717, 1.165) is 19.4 Å². The van der Waals surface area contributed by atoms with Crippen LogP contribution in [0.3, 0.4) is 0 Å². The Morgan fingerprint density at radius 1 is 1.65 bits per heavy atom. The second-order valence-corrected chi connectivity index (χ2v) is 5.14. The molecule has 2 rings (SSSR count). The topological polar surface area (TPSA) is 97.3 Å². The Kier molecular flexibility index (Phi) is 3.49. The predicted molar refractivity (Wildman–Crippen MR) is 69.2 cm³/mol. The molecule has 2 heterocycles. The minimum Gasteiger partial charge on any atom is -0.382 e. The highest BCUT2D eigenvalue weighted by atomic mass is 32.1. The Balaban J connectivity index is 2.15. The summed E-state index contributed by atoms with van der Waals surface area (Å²) in [6.45, 7) is 1.35. The third kappa shape index (κ3) is 2.50. The standard InChI is InChI=1S/C10H17N5OS/c1-13-10-14-8(12)7(17-10)9(16)15-4-2-3-6(11)5-15/h6H,2-5,11-12H2,1H3,(H,13,14). The molecule has 6 nitrogen and oxygen atoms in total. The molecule has 1 aromatic heterocycles. The average Bonchev–Trinajstić information content (AvgIpc) is 2.69. The van der Waals surface area contributed by atoms with Gasteiger partial charge in [0.05, 0.1) is 0 Å². The zero-order valence-electron chi connectivity index (χ0n) is 9.77. The summed E-state index contributed by atoms with van der Waals surface area (Å²) in [5.41, 5.74) is 11.6. The van der Waals surface area contributed by atoms with E-state index in [2.05, 4.69) is 10.3 Å². The fraction of sp³-hybridized carbons (Fsp3) is 0.600. The average molecular weight is 255 g/mol. The molecule has 0 radical (unpaired) electrons. The molecule has 7 heteroatoms. The van der Waals surface area contributed by atoms with E-state index in [4.69, 9.17) is 11.5 Å². The van der Waals surface area contributed by atoms with E-state index >= 15 is 0 Å². The molecular formula is C10H17N5OS. The molecule has 1 aliphatic rings. The van der Waals surface area contributed by atoms with Crippen molar-refractivity contribution in [2.45, 2.75) is 18.9 Å². The third-order valence-electron chi connectivity index (χ3n) is 2.81. The van der Waals surface area contributed by atoms with Crippen molar-refractivity contribution in [3.63, 3.8) is 0 Å². The van der Waals surface area contributed by atoms with Gasteiger partial charge in [-0.3, -0.25) is 4.79 Å². The Bertz CT molecular complexity index is 419. The number of piperidine rings is 1. The van der Waals surface area contributed by atoms with E-state index in [1.807, 2.05) is 0 Å². The van der Waals surface area contributed by atoms with Crippen LogP contribution in [0.15, 0.2) is 0 Å². The highest BCUT2D eigenvalue weighted by Crippen LogP contribution is 2.26. The number of thiazole rings is 1. The molecule has 1 amide bonds. The number of aromatic nitrogens is 1. The van der Waals surface area contributed by atoms with Gasteiger partial charge in [-0.1, -0.05) is 11.3 Å². The largest absolute Gasteiger partial charge is 0.382 e. The van der Waals surface area contributed by atoms with Gasteiger partial charge in [0.25, 0.3) is 5.91 Å². The van der Waals surface area contributed by atoms with Crippen LogP contribution in [0.4, 0.5) is 10.9 Å². The van der Waals surface area contributed by atoms with Gasteiger partial charge in [0.2, 0.25) is 0 Å². The first-order valence-corrected chi connectivity index (χ1v) is 6.42. The van der Waals surface area contributed by atoms with E-state index in [1.165, 1.54) is 11.3 Å². The lowest BCUT2D eigenvalue weighted by Crippen LogP contribution is -2.45. The van der Waals surface area contributed by atoms with Crippen LogP contribution in [-0.4, -0.2) is 42.0 Å². The van der Waals surface area contributed by atoms with Crippen LogP contribution in [0.5, 0.6) is 0 Å². The van der Waals surface area contributed by atoms with Gasteiger partial charge in [-0.25, -0.2) is 4.98 Å². The van der Waals surface area contributed by atoms with Crippen molar-refractivity contribution in [3.05, 3.63) is 4.88 Å². The molecular weight excluding hydrogens is 238 g/mol. The summed E-state index contributed by atoms with van der Waals surface area (Å²) < 4.78 is 0. The molecule has 1 fully saturated rings. The lowest BCUT2D eigenvalue weighted by Gasteiger charge is -2.30. The first-order valence-electron chi connectivity index (χ1n) is 5.60. The van der Waals surface area contributed by atoms with E-state index < -0.39 is 0 Å². The van der Waals surface area contributed by atoms with Crippen LogP contribution >= 0.6 is 11.3 Å². The van der Waals surface area contributed by atoms with Crippen LogP contribution in [0.1, 0.15) is 22.5 Å². The molecule has 94 valence electrons. The fourth-order valence-corrected chi connectivity index (χ4v) is 2.74. The number of nitrogens with two attached hydrogens (primary N) is 2. The van der Waals surface area contributed by atoms with E-state index in [9.17, 15) is 4.79 Å². The number of hydrogen-bond donors (Lipinski definition) is 3. The minimum absolute atomic E-state index is 0.0587. The van der Waals surface area contributed by atoms with E-state index in [-0.39, 0.29) is 11.9 Å². The zero-order chi connectivity index (χ0) is 12.4. The van der Waals surface area contributed by atoms with E-state index in [0.29, 0.717) is 22.4 Å². The van der Waals surface area contributed by atoms with Crippen LogP contribution in [0.2, 0.25) is 0 Å². The van der Waals surface area contributed by atoms with Crippen molar-refractivity contribution >= 4 is 28.2 Å². The molecule has 0 saturated carbocycles. The maximum atomic E-state index is 12.2. The Labute approximate surface area is 104 Å². The van der Waals surface area contributed by atoms with Crippen molar-refractivity contribution in [2.24, 2.45) is 5.73 Å². The molecule has 0 aliphatic carbocycles. The number of carbonyl (C=O) groups is 1. The lowest BCUT2D eigenvalue weighted by atomic mass is 10.1. The maximum Gasteiger partial charge on any atom is 0.267 e. The number of amides is 1. The van der Waals surface area contributed by atoms with Crippen LogP contribution in [0, 0.1) is 0 Å². The number of nitrogens with zero attached hydrogens (tertiary/aromatic N) is 2. The first-order chi connectivity index (χ1) is 8.11. The second kappa shape index (κ2) is 4.89. The van der Waals surface area contributed by atoms with Crippen LogP contribution in [0.25, 0.3) is 0 Å². The quantitative estimate of drug-likeness (QED) is 0.707. The van der Waals surface area contributed by atoms with Crippen LogP contribution in [-0.2, 0) is 0 Å². The van der Waals surface area contributed by atoms with Gasteiger partial charge in [-0.05, 0) is 12.8 Å². The summed E-state index contributed by atoms with van der Waals surface area (Å²) in [6.07, 6.45) is 1.92. The molecule has 0 bridgehead atoms. The zero-order valence-corrected chi connectivity index (χ0v) is 10.6. The number of carbonyl (C=O) groups excluding carboxylic acids is 1. The van der Waals surface area contributed by atoms with Gasteiger partial charge in [-0.15, -0.1) is 0 Å². The van der Waals surface area contributed by atoms with Crippen molar-refractivity contribution in [1.82, 2.24) is 9.88 Å². The SMILES string of the molecule is CNc1nc(N)c(C(=O)N2CCCC(N)C2)s1. The summed E-state index contributed by atoms with van der Waals surface area (Å²) in [4.78, 5) is 18.6. The molecule has 17 heavy (non-hydrogen) atoms.